The van der Waals surface area contributed by atoms with E-state index in [1.165, 1.54) is 16.8 Å². The molecule has 2 aromatic carbocycles. The normalized spacial score (nSPS) is 17.9. The number of halogens is 1. The largest absolute Gasteiger partial charge is 0.385 e. The van der Waals surface area contributed by atoms with Crippen LogP contribution >= 0.6 is 11.6 Å². The molecule has 0 saturated carbocycles. The molecule has 1 heterocycles. The van der Waals surface area contributed by atoms with Crippen molar-refractivity contribution in [2.75, 3.05) is 11.9 Å². The third-order valence-electron chi connectivity index (χ3n) is 3.52. The van der Waals surface area contributed by atoms with Crippen molar-refractivity contribution in [2.45, 2.75) is 12.8 Å². The van der Waals surface area contributed by atoms with Crippen LogP contribution in [0.15, 0.2) is 48.5 Å². The Labute approximate surface area is 113 Å². The number of benzene rings is 2. The molecule has 0 bridgehead atoms. The molecule has 0 saturated heterocycles. The van der Waals surface area contributed by atoms with Gasteiger partial charge in [-0.3, -0.25) is 0 Å². The first-order valence-corrected chi connectivity index (χ1v) is 6.75. The lowest BCUT2D eigenvalue weighted by molar-refractivity contribution is 0.535. The minimum Gasteiger partial charge on any atom is -0.385 e. The fourth-order valence-corrected chi connectivity index (χ4v) is 2.83. The van der Waals surface area contributed by atoms with E-state index < -0.39 is 0 Å². The summed E-state index contributed by atoms with van der Waals surface area (Å²) in [7, 11) is 0. The fourth-order valence-electron chi connectivity index (χ4n) is 2.63. The van der Waals surface area contributed by atoms with Crippen LogP contribution < -0.4 is 5.32 Å². The van der Waals surface area contributed by atoms with Gasteiger partial charge in [-0.05, 0) is 48.1 Å². The van der Waals surface area contributed by atoms with E-state index in [0.29, 0.717) is 5.92 Å². The number of anilines is 1. The Hall–Kier alpha value is -1.47. The number of fused-ring (bicyclic) bond motifs is 1. The highest BCUT2D eigenvalue weighted by molar-refractivity contribution is 6.30. The van der Waals surface area contributed by atoms with Crippen molar-refractivity contribution in [1.82, 2.24) is 0 Å². The van der Waals surface area contributed by atoms with Gasteiger partial charge in [0.25, 0.3) is 0 Å². The summed E-state index contributed by atoms with van der Waals surface area (Å²) in [6.45, 7) is 1.05. The molecule has 18 heavy (non-hydrogen) atoms. The molecule has 0 aliphatic carbocycles. The summed E-state index contributed by atoms with van der Waals surface area (Å²) in [4.78, 5) is 0. The predicted molar refractivity (Wildman–Crippen MR) is 77.3 cm³/mol. The average molecular weight is 258 g/mol. The first-order valence-electron chi connectivity index (χ1n) is 6.37. The Morgan fingerprint density at radius 2 is 1.94 bits per heavy atom. The lowest BCUT2D eigenvalue weighted by Gasteiger charge is -2.26. The monoisotopic (exact) mass is 257 g/mol. The molecule has 1 aliphatic rings. The van der Waals surface area contributed by atoms with Gasteiger partial charge in [0.1, 0.15) is 0 Å². The van der Waals surface area contributed by atoms with E-state index in [1.807, 2.05) is 6.07 Å². The second-order valence-electron chi connectivity index (χ2n) is 4.94. The summed E-state index contributed by atoms with van der Waals surface area (Å²) in [6, 6.07) is 16.8. The molecule has 0 amide bonds. The summed E-state index contributed by atoms with van der Waals surface area (Å²) in [5.41, 5.74) is 3.99. The van der Waals surface area contributed by atoms with E-state index in [-0.39, 0.29) is 0 Å². The minimum absolute atomic E-state index is 0.651. The van der Waals surface area contributed by atoms with Crippen molar-refractivity contribution in [1.29, 1.82) is 0 Å². The second-order valence-corrected chi connectivity index (χ2v) is 5.38. The van der Waals surface area contributed by atoms with Gasteiger partial charge in [-0.2, -0.15) is 0 Å². The molecule has 1 unspecified atom stereocenters. The smallest absolute Gasteiger partial charge is 0.0410 e. The van der Waals surface area contributed by atoms with Gasteiger partial charge in [0, 0.05) is 17.3 Å². The topological polar surface area (TPSA) is 12.0 Å². The highest BCUT2D eigenvalue weighted by atomic mass is 35.5. The number of hydrogen-bond donors (Lipinski definition) is 1. The number of nitrogens with one attached hydrogen (secondary N) is 1. The van der Waals surface area contributed by atoms with E-state index in [2.05, 4.69) is 47.8 Å². The van der Waals surface area contributed by atoms with Crippen molar-refractivity contribution in [3.63, 3.8) is 0 Å². The number of rotatable bonds is 2. The van der Waals surface area contributed by atoms with Crippen LogP contribution in [0.1, 0.15) is 11.1 Å². The average Bonchev–Trinajstić information content (AvgIpc) is 2.39. The minimum atomic E-state index is 0.651. The zero-order valence-corrected chi connectivity index (χ0v) is 11.0. The van der Waals surface area contributed by atoms with Gasteiger partial charge in [-0.15, -0.1) is 0 Å². The molecule has 2 heteroatoms. The van der Waals surface area contributed by atoms with Gasteiger partial charge in [0.05, 0.1) is 0 Å². The molecule has 0 radical (unpaired) electrons. The van der Waals surface area contributed by atoms with Crippen molar-refractivity contribution in [3.8, 4) is 0 Å². The van der Waals surface area contributed by atoms with E-state index >= 15 is 0 Å². The predicted octanol–water partition coefficient (Wildman–Crippen LogP) is 4.17. The Morgan fingerprint density at radius 1 is 1.11 bits per heavy atom. The van der Waals surface area contributed by atoms with Gasteiger partial charge < -0.3 is 5.32 Å². The summed E-state index contributed by atoms with van der Waals surface area (Å²) >= 11 is 6.06. The zero-order valence-electron chi connectivity index (χ0n) is 10.2. The first kappa shape index (κ1) is 11.6. The van der Waals surface area contributed by atoms with E-state index in [1.54, 1.807) is 0 Å². The SMILES string of the molecule is Clc1ccc2c(c1)CC(Cc1ccccc1)CN2. The van der Waals surface area contributed by atoms with Crippen LogP contribution in [-0.4, -0.2) is 6.54 Å². The van der Waals surface area contributed by atoms with Crippen LogP contribution in [-0.2, 0) is 12.8 Å². The van der Waals surface area contributed by atoms with Crippen molar-refractivity contribution in [2.24, 2.45) is 5.92 Å². The third kappa shape index (κ3) is 2.51. The van der Waals surface area contributed by atoms with Crippen LogP contribution in [0.25, 0.3) is 0 Å². The summed E-state index contributed by atoms with van der Waals surface area (Å²) in [5, 5.41) is 4.33. The van der Waals surface area contributed by atoms with Crippen molar-refractivity contribution >= 4 is 17.3 Å². The van der Waals surface area contributed by atoms with Crippen LogP contribution in [0.2, 0.25) is 5.02 Å². The molecular formula is C16H16ClN. The highest BCUT2D eigenvalue weighted by Crippen LogP contribution is 2.28. The van der Waals surface area contributed by atoms with Crippen LogP contribution in [0.5, 0.6) is 0 Å². The van der Waals surface area contributed by atoms with E-state index in [9.17, 15) is 0 Å². The molecule has 1 nitrogen and oxygen atoms in total. The van der Waals surface area contributed by atoms with Gasteiger partial charge >= 0.3 is 0 Å². The Bertz CT molecular complexity index is 536. The Morgan fingerprint density at radius 3 is 2.78 bits per heavy atom. The molecule has 1 N–H and O–H groups in total. The van der Waals surface area contributed by atoms with Gasteiger partial charge in [0.2, 0.25) is 0 Å². The van der Waals surface area contributed by atoms with Crippen LogP contribution in [0.3, 0.4) is 0 Å². The maximum atomic E-state index is 6.06. The van der Waals surface area contributed by atoms with E-state index in [0.717, 1.165) is 24.4 Å². The second kappa shape index (κ2) is 5.03. The molecule has 1 aliphatic heterocycles. The summed E-state index contributed by atoms with van der Waals surface area (Å²) in [6.07, 6.45) is 2.23. The van der Waals surface area contributed by atoms with Crippen molar-refractivity contribution < 1.29 is 0 Å². The van der Waals surface area contributed by atoms with Crippen LogP contribution in [0, 0.1) is 5.92 Å². The standard InChI is InChI=1S/C16H16ClN/c17-15-6-7-16-14(10-15)9-13(11-18-16)8-12-4-2-1-3-5-12/h1-7,10,13,18H,8-9,11H2. The lowest BCUT2D eigenvalue weighted by Crippen LogP contribution is -2.24. The first-order chi connectivity index (χ1) is 8.81. The Kier molecular flexibility index (Phi) is 3.24. The maximum Gasteiger partial charge on any atom is 0.0410 e. The fraction of sp³-hybridized carbons (Fsp3) is 0.250. The quantitative estimate of drug-likeness (QED) is 0.852. The third-order valence-corrected chi connectivity index (χ3v) is 3.76. The van der Waals surface area contributed by atoms with Gasteiger partial charge in [0.15, 0.2) is 0 Å². The van der Waals surface area contributed by atoms with Crippen molar-refractivity contribution in [3.05, 3.63) is 64.7 Å². The van der Waals surface area contributed by atoms with E-state index in [4.69, 9.17) is 11.6 Å². The molecule has 92 valence electrons. The Balaban J connectivity index is 1.75. The molecular weight excluding hydrogens is 242 g/mol. The summed E-state index contributed by atoms with van der Waals surface area (Å²) < 4.78 is 0. The molecule has 0 aromatic heterocycles. The molecule has 1 atom stereocenters. The van der Waals surface area contributed by atoms with Crippen LogP contribution in [0.4, 0.5) is 5.69 Å². The molecule has 0 spiro atoms. The molecule has 2 aromatic rings. The highest BCUT2D eigenvalue weighted by Gasteiger charge is 2.18. The van der Waals surface area contributed by atoms with Gasteiger partial charge in [-0.1, -0.05) is 41.9 Å². The zero-order chi connectivity index (χ0) is 12.4. The molecule has 0 fully saturated rings. The number of hydrogen-bond acceptors (Lipinski definition) is 1. The maximum absolute atomic E-state index is 6.06. The van der Waals surface area contributed by atoms with Gasteiger partial charge in [-0.25, -0.2) is 0 Å². The lowest BCUT2D eigenvalue weighted by atomic mass is 9.89. The summed E-state index contributed by atoms with van der Waals surface area (Å²) in [5.74, 6) is 0.651. The molecule has 3 rings (SSSR count).